The fourth-order valence-electron chi connectivity index (χ4n) is 2.11. The Hall–Kier alpha value is -1.28. The molecule has 2 rings (SSSR count). The van der Waals surface area contributed by atoms with Gasteiger partial charge in [0.2, 0.25) is 0 Å². The van der Waals surface area contributed by atoms with Gasteiger partial charge in [0.25, 0.3) is 0 Å². The molecule has 1 unspecified atom stereocenters. The number of allylic oxidation sites excluding steroid dienone is 1. The second-order valence-electron chi connectivity index (χ2n) is 4.57. The Morgan fingerprint density at radius 3 is 2.71 bits per heavy atom. The van der Waals surface area contributed by atoms with Crippen LogP contribution in [0, 0.1) is 0 Å². The molecule has 0 spiro atoms. The highest BCUT2D eigenvalue weighted by Gasteiger charge is 2.08. The predicted octanol–water partition coefficient (Wildman–Crippen LogP) is 3.41. The number of benzene rings is 1. The third kappa shape index (κ3) is 3.90. The van der Waals surface area contributed by atoms with Crippen molar-refractivity contribution in [2.75, 3.05) is 0 Å². The largest absolute Gasteiger partial charge is 0.486 e. The Labute approximate surface area is 103 Å². The van der Waals surface area contributed by atoms with E-state index in [1.54, 1.807) is 0 Å². The van der Waals surface area contributed by atoms with Crippen LogP contribution in [0.25, 0.3) is 0 Å². The van der Waals surface area contributed by atoms with Crippen LogP contribution in [-0.4, -0.2) is 6.10 Å². The fourth-order valence-corrected chi connectivity index (χ4v) is 2.11. The van der Waals surface area contributed by atoms with Crippen molar-refractivity contribution in [3.05, 3.63) is 42.0 Å². The van der Waals surface area contributed by atoms with Gasteiger partial charge in [0.05, 0.1) is 0 Å². The quantitative estimate of drug-likeness (QED) is 0.809. The van der Waals surface area contributed by atoms with Gasteiger partial charge >= 0.3 is 0 Å². The highest BCUT2D eigenvalue weighted by Crippen LogP contribution is 2.19. The minimum Gasteiger partial charge on any atom is -0.486 e. The molecule has 17 heavy (non-hydrogen) atoms. The third-order valence-electron chi connectivity index (χ3n) is 3.16. The summed E-state index contributed by atoms with van der Waals surface area (Å²) < 4.78 is 5.96. The first-order valence-electron chi connectivity index (χ1n) is 6.51. The summed E-state index contributed by atoms with van der Waals surface area (Å²) in [4.78, 5) is 0. The number of hydrogen-bond acceptors (Lipinski definition) is 2. The van der Waals surface area contributed by atoms with Gasteiger partial charge in [-0.1, -0.05) is 24.6 Å². The molecular formula is C15H21NO. The van der Waals surface area contributed by atoms with Crippen molar-refractivity contribution in [2.24, 2.45) is 5.73 Å². The first-order valence-corrected chi connectivity index (χ1v) is 6.51. The summed E-state index contributed by atoms with van der Waals surface area (Å²) in [6, 6.07) is 8.08. The van der Waals surface area contributed by atoms with E-state index in [0.717, 1.165) is 17.7 Å². The SMILES string of the molecule is NCc1ccc(OC2/C=C/CCCCC2)cc1. The van der Waals surface area contributed by atoms with Crippen LogP contribution in [-0.2, 0) is 6.54 Å². The molecule has 1 aromatic rings. The molecular weight excluding hydrogens is 210 g/mol. The first-order chi connectivity index (χ1) is 8.38. The lowest BCUT2D eigenvalue weighted by molar-refractivity contribution is 0.231. The number of ether oxygens (including phenoxy) is 1. The Morgan fingerprint density at radius 2 is 1.94 bits per heavy atom. The molecule has 1 atom stereocenters. The molecule has 0 saturated carbocycles. The Balaban J connectivity index is 1.95. The molecule has 0 saturated heterocycles. The van der Waals surface area contributed by atoms with Crippen molar-refractivity contribution >= 4 is 0 Å². The van der Waals surface area contributed by atoms with E-state index in [9.17, 15) is 0 Å². The van der Waals surface area contributed by atoms with Crippen LogP contribution in [0.3, 0.4) is 0 Å². The summed E-state index contributed by atoms with van der Waals surface area (Å²) in [7, 11) is 0. The van der Waals surface area contributed by atoms with Crippen LogP contribution in [0.5, 0.6) is 5.75 Å². The topological polar surface area (TPSA) is 35.2 Å². The molecule has 0 fully saturated rings. The van der Waals surface area contributed by atoms with E-state index in [1.807, 2.05) is 24.3 Å². The monoisotopic (exact) mass is 231 g/mol. The molecule has 0 amide bonds. The average molecular weight is 231 g/mol. The summed E-state index contributed by atoms with van der Waals surface area (Å²) in [5.41, 5.74) is 6.71. The molecule has 92 valence electrons. The van der Waals surface area contributed by atoms with Crippen LogP contribution in [0.15, 0.2) is 36.4 Å². The maximum atomic E-state index is 5.96. The van der Waals surface area contributed by atoms with Gasteiger partial charge in [0, 0.05) is 6.54 Å². The van der Waals surface area contributed by atoms with Gasteiger partial charge in [-0.05, 0) is 49.5 Å². The first kappa shape index (κ1) is 12.2. The Kier molecular flexibility index (Phi) is 4.63. The smallest absolute Gasteiger partial charge is 0.120 e. The van der Waals surface area contributed by atoms with Crippen LogP contribution >= 0.6 is 0 Å². The van der Waals surface area contributed by atoms with Gasteiger partial charge in [-0.15, -0.1) is 0 Å². The van der Waals surface area contributed by atoms with E-state index in [0.29, 0.717) is 6.54 Å². The van der Waals surface area contributed by atoms with Crippen molar-refractivity contribution in [3.63, 3.8) is 0 Å². The molecule has 2 N–H and O–H groups in total. The van der Waals surface area contributed by atoms with E-state index < -0.39 is 0 Å². The van der Waals surface area contributed by atoms with Crippen molar-refractivity contribution in [3.8, 4) is 5.75 Å². The maximum absolute atomic E-state index is 5.96. The van der Waals surface area contributed by atoms with E-state index in [-0.39, 0.29) is 6.10 Å². The average Bonchev–Trinajstić information content (AvgIpc) is 2.33. The van der Waals surface area contributed by atoms with Gasteiger partial charge in [0.15, 0.2) is 0 Å². The number of hydrogen-bond donors (Lipinski definition) is 1. The molecule has 0 aliphatic heterocycles. The Bertz CT molecular complexity index is 356. The molecule has 0 bridgehead atoms. The van der Waals surface area contributed by atoms with Gasteiger partial charge in [-0.2, -0.15) is 0 Å². The third-order valence-corrected chi connectivity index (χ3v) is 3.16. The molecule has 1 aromatic carbocycles. The zero-order chi connectivity index (χ0) is 11.9. The molecule has 1 aliphatic rings. The molecule has 0 aromatic heterocycles. The van der Waals surface area contributed by atoms with Crippen LogP contribution in [0.1, 0.15) is 37.7 Å². The summed E-state index contributed by atoms with van der Waals surface area (Å²) in [6.07, 6.45) is 10.9. The predicted molar refractivity (Wildman–Crippen MR) is 71.0 cm³/mol. The van der Waals surface area contributed by atoms with Gasteiger partial charge in [0.1, 0.15) is 11.9 Å². The van der Waals surface area contributed by atoms with Gasteiger partial charge in [-0.25, -0.2) is 0 Å². The molecule has 0 heterocycles. The highest BCUT2D eigenvalue weighted by atomic mass is 16.5. The summed E-state index contributed by atoms with van der Waals surface area (Å²) in [5, 5.41) is 0. The summed E-state index contributed by atoms with van der Waals surface area (Å²) in [6.45, 7) is 0.587. The second kappa shape index (κ2) is 6.45. The van der Waals surface area contributed by atoms with Crippen molar-refractivity contribution < 1.29 is 4.74 Å². The highest BCUT2D eigenvalue weighted by molar-refractivity contribution is 5.27. The van der Waals surface area contributed by atoms with E-state index in [1.165, 1.54) is 25.7 Å². The van der Waals surface area contributed by atoms with E-state index >= 15 is 0 Å². The summed E-state index contributed by atoms with van der Waals surface area (Å²) in [5.74, 6) is 0.942. The van der Waals surface area contributed by atoms with Crippen LogP contribution in [0.2, 0.25) is 0 Å². The van der Waals surface area contributed by atoms with E-state index in [2.05, 4.69) is 12.2 Å². The number of nitrogens with two attached hydrogens (primary N) is 1. The van der Waals surface area contributed by atoms with Crippen molar-refractivity contribution in [2.45, 2.75) is 44.8 Å². The summed E-state index contributed by atoms with van der Waals surface area (Å²) >= 11 is 0. The van der Waals surface area contributed by atoms with Crippen LogP contribution in [0.4, 0.5) is 0 Å². The lowest BCUT2D eigenvalue weighted by atomic mass is 10.0. The molecule has 1 aliphatic carbocycles. The normalized spacial score (nSPS) is 22.5. The fraction of sp³-hybridized carbons (Fsp3) is 0.467. The van der Waals surface area contributed by atoms with E-state index in [4.69, 9.17) is 10.5 Å². The van der Waals surface area contributed by atoms with Gasteiger partial charge in [-0.3, -0.25) is 0 Å². The lowest BCUT2D eigenvalue weighted by Crippen LogP contribution is -2.14. The zero-order valence-corrected chi connectivity index (χ0v) is 10.3. The van der Waals surface area contributed by atoms with Crippen LogP contribution < -0.4 is 10.5 Å². The Morgan fingerprint density at radius 1 is 1.12 bits per heavy atom. The second-order valence-corrected chi connectivity index (χ2v) is 4.57. The van der Waals surface area contributed by atoms with Crippen molar-refractivity contribution in [1.29, 1.82) is 0 Å². The van der Waals surface area contributed by atoms with Gasteiger partial charge < -0.3 is 10.5 Å². The molecule has 2 heteroatoms. The maximum Gasteiger partial charge on any atom is 0.120 e. The molecule has 0 radical (unpaired) electrons. The standard InChI is InChI=1S/C15H21NO/c16-12-13-8-10-15(11-9-13)17-14-6-4-2-1-3-5-7-14/h4,6,8-11,14H,1-3,5,7,12,16H2/b6-4+. The zero-order valence-electron chi connectivity index (χ0n) is 10.3. The minimum atomic E-state index is 0.235. The molecule has 2 nitrogen and oxygen atoms in total. The number of rotatable bonds is 3. The lowest BCUT2D eigenvalue weighted by Gasteiger charge is -2.17. The minimum absolute atomic E-state index is 0.235. The van der Waals surface area contributed by atoms with Crippen molar-refractivity contribution in [1.82, 2.24) is 0 Å².